The van der Waals surface area contributed by atoms with Gasteiger partial charge >= 0.3 is 0 Å². The van der Waals surface area contributed by atoms with E-state index in [0.29, 0.717) is 29.9 Å². The number of nitrogens with zero attached hydrogens (tertiary/aromatic N) is 5. The lowest BCUT2D eigenvalue weighted by atomic mass is 10.2. The summed E-state index contributed by atoms with van der Waals surface area (Å²) in [5.74, 6) is 0.477. The van der Waals surface area contributed by atoms with Gasteiger partial charge in [-0.1, -0.05) is 48.5 Å². The number of benzene rings is 2. The largest absolute Gasteiger partial charge is 0.352 e. The van der Waals surface area contributed by atoms with Crippen molar-refractivity contribution < 1.29 is 8.42 Å². The van der Waals surface area contributed by atoms with Gasteiger partial charge in [0.25, 0.3) is 0 Å². The van der Waals surface area contributed by atoms with Crippen LogP contribution in [-0.4, -0.2) is 49.5 Å². The number of para-hydroxylation sites is 2. The SMILES string of the molecule is N#CC(c1nc2ccccc2nc1N1CCN(Cc2ccccc2)CC1)S(=O)(=O)c1cccs1. The van der Waals surface area contributed by atoms with Crippen LogP contribution in [0.25, 0.3) is 11.0 Å². The Morgan fingerprint density at radius 1 is 0.912 bits per heavy atom. The molecule has 0 amide bonds. The van der Waals surface area contributed by atoms with Gasteiger partial charge in [-0.3, -0.25) is 4.90 Å². The molecule has 0 N–H and O–H groups in total. The zero-order chi connectivity index (χ0) is 23.5. The monoisotopic (exact) mass is 489 g/mol. The van der Waals surface area contributed by atoms with Crippen LogP contribution in [0.3, 0.4) is 0 Å². The Balaban J connectivity index is 1.49. The van der Waals surface area contributed by atoms with E-state index in [4.69, 9.17) is 4.98 Å². The van der Waals surface area contributed by atoms with Crippen molar-refractivity contribution in [3.63, 3.8) is 0 Å². The van der Waals surface area contributed by atoms with Crippen molar-refractivity contribution in [1.82, 2.24) is 14.9 Å². The Morgan fingerprint density at radius 2 is 1.59 bits per heavy atom. The predicted molar refractivity (Wildman–Crippen MR) is 133 cm³/mol. The van der Waals surface area contributed by atoms with Crippen LogP contribution in [0.2, 0.25) is 0 Å². The molecule has 1 aliphatic heterocycles. The molecule has 5 rings (SSSR count). The molecule has 0 radical (unpaired) electrons. The number of thiophene rings is 1. The van der Waals surface area contributed by atoms with E-state index in [1.54, 1.807) is 17.5 Å². The van der Waals surface area contributed by atoms with Crippen molar-refractivity contribution in [2.45, 2.75) is 16.0 Å². The van der Waals surface area contributed by atoms with E-state index in [9.17, 15) is 13.7 Å². The minimum absolute atomic E-state index is 0.160. The smallest absolute Gasteiger partial charge is 0.209 e. The normalized spacial score (nSPS) is 15.8. The van der Waals surface area contributed by atoms with Crippen molar-refractivity contribution in [1.29, 1.82) is 5.26 Å². The summed E-state index contributed by atoms with van der Waals surface area (Å²) in [6.07, 6.45) is 0. The van der Waals surface area contributed by atoms with Crippen LogP contribution in [0.1, 0.15) is 16.5 Å². The first-order valence-corrected chi connectivity index (χ1v) is 13.4. The summed E-state index contributed by atoms with van der Waals surface area (Å²) in [5.41, 5.74) is 2.71. The third kappa shape index (κ3) is 4.40. The Morgan fingerprint density at radius 3 is 2.24 bits per heavy atom. The highest BCUT2D eigenvalue weighted by Gasteiger charge is 2.36. The average molecular weight is 490 g/mol. The number of sulfone groups is 1. The van der Waals surface area contributed by atoms with Gasteiger partial charge in [0, 0.05) is 32.7 Å². The molecule has 9 heteroatoms. The zero-order valence-corrected chi connectivity index (χ0v) is 20.0. The van der Waals surface area contributed by atoms with Gasteiger partial charge in [0.05, 0.1) is 17.1 Å². The summed E-state index contributed by atoms with van der Waals surface area (Å²) >= 11 is 1.11. The number of nitriles is 1. The number of fused-ring (bicyclic) bond motifs is 1. The summed E-state index contributed by atoms with van der Waals surface area (Å²) in [4.78, 5) is 13.9. The van der Waals surface area contributed by atoms with Crippen LogP contribution in [0.15, 0.2) is 76.3 Å². The average Bonchev–Trinajstić information content (AvgIpc) is 3.41. The molecule has 3 heterocycles. The zero-order valence-electron chi connectivity index (χ0n) is 18.4. The molecule has 172 valence electrons. The molecular formula is C25H23N5O2S2. The van der Waals surface area contributed by atoms with E-state index in [1.807, 2.05) is 42.5 Å². The fourth-order valence-corrected chi connectivity index (χ4v) is 6.72. The van der Waals surface area contributed by atoms with Gasteiger partial charge in [-0.25, -0.2) is 18.4 Å². The summed E-state index contributed by atoms with van der Waals surface area (Å²) in [7, 11) is -3.92. The third-order valence-corrected chi connectivity index (χ3v) is 9.24. The van der Waals surface area contributed by atoms with Crippen LogP contribution < -0.4 is 4.90 Å². The van der Waals surface area contributed by atoms with E-state index in [0.717, 1.165) is 31.0 Å². The molecule has 2 aromatic carbocycles. The summed E-state index contributed by atoms with van der Waals surface area (Å²) in [6.45, 7) is 3.81. The molecule has 1 unspecified atom stereocenters. The minimum Gasteiger partial charge on any atom is -0.352 e. The first-order valence-electron chi connectivity index (χ1n) is 11.0. The number of hydrogen-bond acceptors (Lipinski definition) is 8. The molecule has 0 aliphatic carbocycles. The molecule has 0 bridgehead atoms. The predicted octanol–water partition coefficient (Wildman–Crippen LogP) is 4.05. The quantitative estimate of drug-likeness (QED) is 0.404. The molecule has 4 aromatic rings. The second-order valence-corrected chi connectivity index (χ2v) is 11.4. The lowest BCUT2D eigenvalue weighted by molar-refractivity contribution is 0.249. The summed E-state index contributed by atoms with van der Waals surface area (Å²) < 4.78 is 26.8. The van der Waals surface area contributed by atoms with Gasteiger partial charge in [0.1, 0.15) is 9.90 Å². The van der Waals surface area contributed by atoms with E-state index in [2.05, 4.69) is 26.9 Å². The Kier molecular flexibility index (Phi) is 6.28. The van der Waals surface area contributed by atoms with E-state index < -0.39 is 15.1 Å². The van der Waals surface area contributed by atoms with Gasteiger partial charge < -0.3 is 4.90 Å². The molecule has 1 atom stereocenters. The fraction of sp³-hybridized carbons (Fsp3) is 0.240. The van der Waals surface area contributed by atoms with Crippen LogP contribution in [0.5, 0.6) is 0 Å². The molecular weight excluding hydrogens is 466 g/mol. The molecule has 1 fully saturated rings. The highest BCUT2D eigenvalue weighted by atomic mass is 32.2. The van der Waals surface area contributed by atoms with Crippen molar-refractivity contribution in [3.8, 4) is 6.07 Å². The van der Waals surface area contributed by atoms with Gasteiger partial charge in [-0.15, -0.1) is 11.3 Å². The van der Waals surface area contributed by atoms with Gasteiger partial charge in [0.15, 0.2) is 11.1 Å². The number of aromatic nitrogens is 2. The van der Waals surface area contributed by atoms with Crippen LogP contribution in [0, 0.1) is 11.3 Å². The van der Waals surface area contributed by atoms with E-state index in [-0.39, 0.29) is 9.90 Å². The molecule has 34 heavy (non-hydrogen) atoms. The molecule has 1 aliphatic rings. The Bertz CT molecular complexity index is 1430. The van der Waals surface area contributed by atoms with Crippen LogP contribution in [0.4, 0.5) is 5.82 Å². The number of rotatable bonds is 6. The number of piperazine rings is 1. The maximum absolute atomic E-state index is 13.3. The first-order chi connectivity index (χ1) is 16.6. The lowest BCUT2D eigenvalue weighted by Gasteiger charge is -2.36. The third-order valence-electron chi connectivity index (χ3n) is 5.95. The lowest BCUT2D eigenvalue weighted by Crippen LogP contribution is -2.46. The Labute approximate surface area is 202 Å². The van der Waals surface area contributed by atoms with Crippen LogP contribution in [-0.2, 0) is 16.4 Å². The van der Waals surface area contributed by atoms with Gasteiger partial charge in [-0.2, -0.15) is 5.26 Å². The number of hydrogen-bond donors (Lipinski definition) is 0. The van der Waals surface area contributed by atoms with Crippen molar-refractivity contribution in [3.05, 3.63) is 83.4 Å². The first kappa shape index (κ1) is 22.5. The van der Waals surface area contributed by atoms with Crippen LogP contribution >= 0.6 is 11.3 Å². The highest BCUT2D eigenvalue weighted by molar-refractivity contribution is 7.93. The van der Waals surface area contributed by atoms with Gasteiger partial charge in [-0.05, 0) is 29.1 Å². The van der Waals surface area contributed by atoms with E-state index >= 15 is 0 Å². The minimum atomic E-state index is -3.92. The van der Waals surface area contributed by atoms with Crippen molar-refractivity contribution >= 4 is 38.0 Å². The molecule has 0 spiro atoms. The fourth-order valence-electron chi connectivity index (χ4n) is 4.19. The Hall–Kier alpha value is -3.32. The summed E-state index contributed by atoms with van der Waals surface area (Å²) in [5, 5.41) is 10.3. The molecule has 2 aromatic heterocycles. The van der Waals surface area contributed by atoms with Crippen molar-refractivity contribution in [2.24, 2.45) is 0 Å². The number of anilines is 1. The molecule has 1 saturated heterocycles. The standard InChI is InChI=1S/C25H23N5O2S2/c26-17-22(34(31,32)23-11-6-16-33-23)24-25(28-21-10-5-4-9-20(21)27-24)30-14-12-29(13-15-30)18-19-7-2-1-3-8-19/h1-11,16,22H,12-15,18H2. The highest BCUT2D eigenvalue weighted by Crippen LogP contribution is 2.35. The van der Waals surface area contributed by atoms with Crippen molar-refractivity contribution in [2.75, 3.05) is 31.1 Å². The second-order valence-electron chi connectivity index (χ2n) is 8.16. The summed E-state index contributed by atoms with van der Waals surface area (Å²) in [6, 6.07) is 22.9. The van der Waals surface area contributed by atoms with Gasteiger partial charge in [0.2, 0.25) is 9.84 Å². The second kappa shape index (κ2) is 9.50. The van der Waals surface area contributed by atoms with E-state index in [1.165, 1.54) is 11.6 Å². The maximum atomic E-state index is 13.3. The topological polar surface area (TPSA) is 90.2 Å². The molecule has 7 nitrogen and oxygen atoms in total. The maximum Gasteiger partial charge on any atom is 0.209 e. The molecule has 0 saturated carbocycles.